The van der Waals surface area contributed by atoms with Crippen LogP contribution in [0.3, 0.4) is 0 Å². The first-order chi connectivity index (χ1) is 10.00. The Morgan fingerprint density at radius 3 is 2.62 bits per heavy atom. The van der Waals surface area contributed by atoms with Crippen molar-refractivity contribution in [2.24, 2.45) is 0 Å². The van der Waals surface area contributed by atoms with Crippen LogP contribution in [0.25, 0.3) is 10.6 Å². The van der Waals surface area contributed by atoms with Crippen molar-refractivity contribution in [1.29, 1.82) is 0 Å². The maximum absolute atomic E-state index is 11.4. The van der Waals surface area contributed by atoms with Crippen molar-refractivity contribution >= 4 is 33.1 Å². The minimum Gasteiger partial charge on any atom is -0.241 e. The van der Waals surface area contributed by atoms with E-state index in [9.17, 15) is 8.42 Å². The van der Waals surface area contributed by atoms with Crippen LogP contribution in [-0.4, -0.2) is 26.5 Å². The van der Waals surface area contributed by atoms with Crippen molar-refractivity contribution in [3.8, 4) is 10.6 Å². The predicted molar refractivity (Wildman–Crippen MR) is 86.9 cm³/mol. The van der Waals surface area contributed by atoms with Crippen LogP contribution in [0, 0.1) is 0 Å². The molecule has 0 saturated carbocycles. The van der Waals surface area contributed by atoms with E-state index in [2.05, 4.69) is 14.4 Å². The second-order valence-electron chi connectivity index (χ2n) is 4.30. The summed E-state index contributed by atoms with van der Waals surface area (Å²) < 4.78 is 27.7. The van der Waals surface area contributed by atoms with Gasteiger partial charge in [0, 0.05) is 35.5 Å². The van der Waals surface area contributed by atoms with Crippen LogP contribution < -0.4 is 9.44 Å². The molecule has 0 amide bonds. The number of hydrogen-bond donors (Lipinski definition) is 2. The zero-order chi connectivity index (χ0) is 15.3. The summed E-state index contributed by atoms with van der Waals surface area (Å²) in [5.41, 5.74) is 1.87. The van der Waals surface area contributed by atoms with Gasteiger partial charge in [0.2, 0.25) is 0 Å². The van der Waals surface area contributed by atoms with Gasteiger partial charge in [-0.05, 0) is 12.1 Å². The minimum absolute atomic E-state index is 0.319. The second kappa shape index (κ2) is 7.33. The van der Waals surface area contributed by atoms with Gasteiger partial charge < -0.3 is 0 Å². The molecule has 0 atom stereocenters. The first kappa shape index (κ1) is 16.4. The summed E-state index contributed by atoms with van der Waals surface area (Å²) in [4.78, 5) is 4.50. The van der Waals surface area contributed by atoms with E-state index in [4.69, 9.17) is 11.6 Å². The lowest BCUT2D eigenvalue weighted by Gasteiger charge is -2.04. The molecule has 2 N–H and O–H groups in total. The number of nitrogens with zero attached hydrogens (tertiary/aromatic N) is 1. The summed E-state index contributed by atoms with van der Waals surface area (Å²) in [6.07, 6.45) is 0.550. The van der Waals surface area contributed by atoms with Crippen LogP contribution >= 0.6 is 22.9 Å². The zero-order valence-corrected chi connectivity index (χ0v) is 13.9. The van der Waals surface area contributed by atoms with Crippen LogP contribution in [0.15, 0.2) is 29.6 Å². The highest BCUT2D eigenvalue weighted by atomic mass is 35.5. The Kier molecular flexibility index (Phi) is 5.72. The third-order valence-corrected chi connectivity index (χ3v) is 5.10. The molecule has 2 rings (SSSR count). The lowest BCUT2D eigenvalue weighted by Crippen LogP contribution is -2.37. The minimum atomic E-state index is -3.39. The molecule has 0 radical (unpaired) electrons. The van der Waals surface area contributed by atoms with Crippen molar-refractivity contribution in [3.05, 3.63) is 40.4 Å². The van der Waals surface area contributed by atoms with Crippen LogP contribution in [0.2, 0.25) is 5.02 Å². The van der Waals surface area contributed by atoms with E-state index in [1.807, 2.05) is 29.6 Å². The molecular formula is C13H16ClN3O2S2. The molecule has 1 heterocycles. The molecule has 0 aliphatic carbocycles. The number of aromatic nitrogens is 1. The van der Waals surface area contributed by atoms with E-state index < -0.39 is 10.2 Å². The molecule has 0 fully saturated rings. The molecule has 8 heteroatoms. The lowest BCUT2D eigenvalue weighted by atomic mass is 10.2. The summed E-state index contributed by atoms with van der Waals surface area (Å²) in [5, 5.41) is 3.52. The molecule has 1 aromatic heterocycles. The SMILES string of the molecule is CCNS(=O)(=O)NCCc1csc(-c2ccc(Cl)cc2)n1. The Hall–Kier alpha value is -0.990. The molecule has 5 nitrogen and oxygen atoms in total. The van der Waals surface area contributed by atoms with Crippen molar-refractivity contribution in [1.82, 2.24) is 14.4 Å². The standard InChI is InChI=1S/C13H16ClN3O2S2/c1-2-15-21(18,19)16-8-7-12-9-20-13(17-12)10-3-5-11(14)6-4-10/h3-6,9,15-16H,2,7-8H2,1H3. The number of rotatable bonds is 7. The quantitative estimate of drug-likeness (QED) is 0.809. The average molecular weight is 346 g/mol. The summed E-state index contributed by atoms with van der Waals surface area (Å²) in [6, 6.07) is 7.47. The van der Waals surface area contributed by atoms with Gasteiger partial charge in [0.05, 0.1) is 5.69 Å². The van der Waals surface area contributed by atoms with Crippen LogP contribution in [0.5, 0.6) is 0 Å². The fourth-order valence-electron chi connectivity index (χ4n) is 1.70. The summed E-state index contributed by atoms with van der Waals surface area (Å²) in [7, 11) is -3.39. The Labute approximate surface area is 133 Å². The lowest BCUT2D eigenvalue weighted by molar-refractivity contribution is 0.568. The normalized spacial score (nSPS) is 11.7. The fourth-order valence-corrected chi connectivity index (χ4v) is 3.54. The Bertz CT molecular complexity index is 684. The molecular weight excluding hydrogens is 330 g/mol. The molecule has 1 aromatic carbocycles. The first-order valence-electron chi connectivity index (χ1n) is 6.45. The van der Waals surface area contributed by atoms with Crippen molar-refractivity contribution in [2.75, 3.05) is 13.1 Å². The predicted octanol–water partition coefficient (Wildman–Crippen LogP) is 2.45. The van der Waals surface area contributed by atoms with Gasteiger partial charge in [0.25, 0.3) is 10.2 Å². The van der Waals surface area contributed by atoms with Gasteiger partial charge in [-0.25, -0.2) is 14.4 Å². The van der Waals surface area contributed by atoms with Gasteiger partial charge in [0.1, 0.15) is 5.01 Å². The van der Waals surface area contributed by atoms with Gasteiger partial charge in [0.15, 0.2) is 0 Å². The van der Waals surface area contributed by atoms with Gasteiger partial charge in [-0.1, -0.05) is 30.7 Å². The van der Waals surface area contributed by atoms with E-state index in [1.165, 1.54) is 11.3 Å². The highest BCUT2D eigenvalue weighted by Gasteiger charge is 2.08. The molecule has 114 valence electrons. The molecule has 0 unspecified atom stereocenters. The molecule has 0 bridgehead atoms. The molecule has 0 saturated heterocycles. The smallest absolute Gasteiger partial charge is 0.241 e. The topological polar surface area (TPSA) is 71.1 Å². The third kappa shape index (κ3) is 5.05. The van der Waals surface area contributed by atoms with Gasteiger partial charge in [-0.3, -0.25) is 0 Å². The molecule has 0 aliphatic rings. The van der Waals surface area contributed by atoms with Crippen molar-refractivity contribution in [3.63, 3.8) is 0 Å². The number of hydrogen-bond acceptors (Lipinski definition) is 4. The van der Waals surface area contributed by atoms with Gasteiger partial charge >= 0.3 is 0 Å². The molecule has 2 aromatic rings. The third-order valence-electron chi connectivity index (χ3n) is 2.65. The van der Waals surface area contributed by atoms with Crippen LogP contribution in [-0.2, 0) is 16.6 Å². The maximum Gasteiger partial charge on any atom is 0.276 e. The Balaban J connectivity index is 1.93. The van der Waals surface area contributed by atoms with Crippen LogP contribution in [0.4, 0.5) is 0 Å². The number of benzene rings is 1. The monoisotopic (exact) mass is 345 g/mol. The Morgan fingerprint density at radius 1 is 1.24 bits per heavy atom. The maximum atomic E-state index is 11.4. The zero-order valence-electron chi connectivity index (χ0n) is 11.5. The van der Waals surface area contributed by atoms with E-state index >= 15 is 0 Å². The van der Waals surface area contributed by atoms with Crippen molar-refractivity contribution < 1.29 is 8.42 Å². The largest absolute Gasteiger partial charge is 0.276 e. The number of thiazole rings is 1. The fraction of sp³-hybridized carbons (Fsp3) is 0.308. The number of halogens is 1. The summed E-state index contributed by atoms with van der Waals surface area (Å²) >= 11 is 7.38. The summed E-state index contributed by atoms with van der Waals surface area (Å²) in [5.74, 6) is 0. The van der Waals surface area contributed by atoms with E-state index in [-0.39, 0.29) is 0 Å². The summed E-state index contributed by atoms with van der Waals surface area (Å²) in [6.45, 7) is 2.42. The Morgan fingerprint density at radius 2 is 1.95 bits per heavy atom. The van der Waals surface area contributed by atoms with E-state index in [1.54, 1.807) is 6.92 Å². The van der Waals surface area contributed by atoms with Crippen LogP contribution in [0.1, 0.15) is 12.6 Å². The second-order valence-corrected chi connectivity index (χ2v) is 7.18. The highest BCUT2D eigenvalue weighted by molar-refractivity contribution is 7.87. The molecule has 0 aliphatic heterocycles. The van der Waals surface area contributed by atoms with E-state index in [0.717, 1.165) is 16.3 Å². The van der Waals surface area contributed by atoms with Gasteiger partial charge in [-0.15, -0.1) is 11.3 Å². The number of nitrogens with one attached hydrogen (secondary N) is 2. The molecule has 21 heavy (non-hydrogen) atoms. The average Bonchev–Trinajstić information content (AvgIpc) is 2.88. The van der Waals surface area contributed by atoms with E-state index in [0.29, 0.717) is 24.5 Å². The van der Waals surface area contributed by atoms with Gasteiger partial charge in [-0.2, -0.15) is 8.42 Å². The molecule has 0 spiro atoms. The van der Waals surface area contributed by atoms with Crippen molar-refractivity contribution in [2.45, 2.75) is 13.3 Å². The highest BCUT2D eigenvalue weighted by Crippen LogP contribution is 2.25. The first-order valence-corrected chi connectivity index (χ1v) is 9.19.